The summed E-state index contributed by atoms with van der Waals surface area (Å²) in [6, 6.07) is 0.395. The van der Waals surface area contributed by atoms with Crippen LogP contribution < -0.4 is 15.5 Å². The molecule has 0 bridgehead atoms. The average Bonchev–Trinajstić information content (AvgIpc) is 3.44. The van der Waals surface area contributed by atoms with Crippen LogP contribution in [0.3, 0.4) is 0 Å². The first kappa shape index (κ1) is 27.4. The van der Waals surface area contributed by atoms with E-state index in [-0.39, 0.29) is 62.1 Å². The molecule has 1 saturated heterocycles. The van der Waals surface area contributed by atoms with Crippen LogP contribution in [0.1, 0.15) is 41.4 Å². The molecule has 0 unspecified atom stereocenters. The molecule has 15 heteroatoms. The molecular weight excluding hydrogens is 509 g/mol. The Labute approximate surface area is 209 Å². The summed E-state index contributed by atoms with van der Waals surface area (Å²) in [5.41, 5.74) is 0.577. The molecule has 0 aliphatic carbocycles. The van der Waals surface area contributed by atoms with Crippen LogP contribution in [0.15, 0.2) is 18.5 Å². The van der Waals surface area contributed by atoms with Crippen LogP contribution >= 0.6 is 12.4 Å². The number of amides is 2. The summed E-state index contributed by atoms with van der Waals surface area (Å²) >= 11 is 0. The molecule has 2 aliphatic heterocycles. The van der Waals surface area contributed by atoms with E-state index in [4.69, 9.17) is 9.47 Å². The van der Waals surface area contributed by atoms with Gasteiger partial charge in [-0.15, -0.1) is 17.5 Å². The number of alkyl halides is 3. The van der Waals surface area contributed by atoms with Gasteiger partial charge in [-0.2, -0.15) is 17.9 Å². The summed E-state index contributed by atoms with van der Waals surface area (Å²) in [5.74, 6) is -2.84. The Morgan fingerprint density at radius 1 is 1.28 bits per heavy atom. The van der Waals surface area contributed by atoms with Crippen molar-refractivity contribution in [2.75, 3.05) is 30.0 Å². The highest BCUT2D eigenvalue weighted by Gasteiger charge is 2.46. The molecule has 2 aromatic heterocycles. The summed E-state index contributed by atoms with van der Waals surface area (Å²) in [5, 5.41) is 9.74. The third-order valence-electron chi connectivity index (χ3n) is 5.68. The van der Waals surface area contributed by atoms with E-state index in [9.17, 15) is 27.6 Å². The van der Waals surface area contributed by atoms with Gasteiger partial charge in [0.2, 0.25) is 0 Å². The SMILES string of the molecule is CCOC(=O)n1nc(NC(=O)c2ccncc2N(C(=O)C(F)(F)F)C2CCOCC2)c2c1CNC2.Cl. The lowest BCUT2D eigenvalue weighted by Crippen LogP contribution is -2.50. The molecule has 4 rings (SSSR count). The minimum Gasteiger partial charge on any atom is -0.448 e. The maximum atomic E-state index is 13.5. The van der Waals surface area contributed by atoms with Crippen molar-refractivity contribution in [1.82, 2.24) is 20.1 Å². The second-order valence-electron chi connectivity index (χ2n) is 7.85. The number of aromatic nitrogens is 3. The summed E-state index contributed by atoms with van der Waals surface area (Å²) in [6.07, 6.45) is -3.26. The first-order valence-electron chi connectivity index (χ1n) is 10.9. The molecule has 196 valence electrons. The lowest BCUT2D eigenvalue weighted by Gasteiger charge is -2.35. The van der Waals surface area contributed by atoms with Gasteiger partial charge in [0.05, 0.1) is 29.7 Å². The lowest BCUT2D eigenvalue weighted by atomic mass is 10.0. The topological polar surface area (TPSA) is 128 Å². The van der Waals surface area contributed by atoms with E-state index in [0.29, 0.717) is 29.2 Å². The molecule has 0 atom stereocenters. The number of fused-ring (bicyclic) bond motifs is 1. The van der Waals surface area contributed by atoms with Crippen LogP contribution in [-0.4, -0.2) is 64.7 Å². The van der Waals surface area contributed by atoms with E-state index in [1.807, 2.05) is 0 Å². The van der Waals surface area contributed by atoms with Crippen molar-refractivity contribution in [3.63, 3.8) is 0 Å². The lowest BCUT2D eigenvalue weighted by molar-refractivity contribution is -0.171. The molecule has 11 nitrogen and oxygen atoms in total. The highest BCUT2D eigenvalue weighted by atomic mass is 35.5. The molecule has 4 heterocycles. The minimum absolute atomic E-state index is 0. The predicted octanol–water partition coefficient (Wildman–Crippen LogP) is 2.63. The molecule has 1 fully saturated rings. The van der Waals surface area contributed by atoms with E-state index < -0.39 is 30.1 Å². The van der Waals surface area contributed by atoms with E-state index in [1.165, 1.54) is 12.3 Å². The number of nitrogens with one attached hydrogen (secondary N) is 2. The van der Waals surface area contributed by atoms with Crippen molar-refractivity contribution in [3.8, 4) is 0 Å². The summed E-state index contributed by atoms with van der Waals surface area (Å²) in [7, 11) is 0. The number of hydrogen-bond donors (Lipinski definition) is 2. The quantitative estimate of drug-likeness (QED) is 0.601. The number of pyridine rings is 1. The third-order valence-corrected chi connectivity index (χ3v) is 5.68. The van der Waals surface area contributed by atoms with Gasteiger partial charge in [-0.3, -0.25) is 19.5 Å². The van der Waals surface area contributed by atoms with Gasteiger partial charge in [-0.05, 0) is 25.8 Å². The maximum absolute atomic E-state index is 13.5. The Kier molecular flexibility index (Phi) is 8.53. The van der Waals surface area contributed by atoms with Crippen molar-refractivity contribution < 1.29 is 37.0 Å². The molecule has 0 radical (unpaired) electrons. The molecule has 36 heavy (non-hydrogen) atoms. The zero-order chi connectivity index (χ0) is 25.2. The van der Waals surface area contributed by atoms with Gasteiger partial charge >= 0.3 is 18.2 Å². The van der Waals surface area contributed by atoms with Crippen molar-refractivity contribution in [2.45, 2.75) is 45.1 Å². The molecule has 2 N–H and O–H groups in total. The molecule has 2 aliphatic rings. The van der Waals surface area contributed by atoms with Crippen molar-refractivity contribution >= 4 is 41.8 Å². The maximum Gasteiger partial charge on any atom is 0.471 e. The fourth-order valence-corrected chi connectivity index (χ4v) is 4.09. The van der Waals surface area contributed by atoms with Gasteiger partial charge < -0.3 is 20.1 Å². The van der Waals surface area contributed by atoms with Crippen molar-refractivity contribution in [2.24, 2.45) is 0 Å². The Balaban J connectivity index is 0.00000361. The first-order valence-corrected chi connectivity index (χ1v) is 10.9. The Hall–Kier alpha value is -3.23. The monoisotopic (exact) mass is 532 g/mol. The number of ether oxygens (including phenoxy) is 2. The second kappa shape index (κ2) is 11.2. The number of carbonyl (C=O) groups excluding carboxylic acids is 3. The zero-order valence-electron chi connectivity index (χ0n) is 19.1. The molecule has 0 saturated carbocycles. The molecule has 2 amide bonds. The minimum atomic E-state index is -5.16. The standard InChI is InChI=1S/C21H23F3N6O5.ClH/c1-2-35-20(33)30-16-11-26-9-14(16)17(28-30)27-18(31)13-3-6-25-10-15(13)29(19(32)21(22,23)24)12-4-7-34-8-5-12;/h3,6,10,12,26H,2,4-5,7-9,11H2,1H3,(H,27,28,31);1H. The van der Waals surface area contributed by atoms with Crippen LogP contribution in [0.4, 0.5) is 29.5 Å². The van der Waals surface area contributed by atoms with Crippen LogP contribution in [0, 0.1) is 0 Å². The van der Waals surface area contributed by atoms with Gasteiger partial charge in [0.15, 0.2) is 5.82 Å². The van der Waals surface area contributed by atoms with Crippen molar-refractivity contribution in [1.29, 1.82) is 0 Å². The predicted molar refractivity (Wildman–Crippen MR) is 122 cm³/mol. The van der Waals surface area contributed by atoms with E-state index in [2.05, 4.69) is 20.7 Å². The Morgan fingerprint density at radius 3 is 2.67 bits per heavy atom. The summed E-state index contributed by atoms with van der Waals surface area (Å²) in [6.45, 7) is 2.75. The number of carbonyl (C=O) groups is 3. The van der Waals surface area contributed by atoms with Gasteiger partial charge in [-0.1, -0.05) is 0 Å². The number of anilines is 2. The smallest absolute Gasteiger partial charge is 0.448 e. The van der Waals surface area contributed by atoms with Gasteiger partial charge in [-0.25, -0.2) is 4.79 Å². The highest BCUT2D eigenvalue weighted by molar-refractivity contribution is 6.11. The van der Waals surface area contributed by atoms with E-state index in [1.54, 1.807) is 6.92 Å². The average molecular weight is 533 g/mol. The van der Waals surface area contributed by atoms with Gasteiger partial charge in [0.1, 0.15) is 0 Å². The number of rotatable bonds is 5. The zero-order valence-corrected chi connectivity index (χ0v) is 19.9. The molecule has 0 aromatic carbocycles. The number of halogens is 4. The van der Waals surface area contributed by atoms with Crippen LogP contribution in [0.2, 0.25) is 0 Å². The third kappa shape index (κ3) is 5.44. The number of hydrogen-bond acceptors (Lipinski definition) is 8. The fraction of sp³-hybridized carbons (Fsp3) is 0.476. The van der Waals surface area contributed by atoms with Gasteiger partial charge in [0, 0.05) is 44.1 Å². The summed E-state index contributed by atoms with van der Waals surface area (Å²) in [4.78, 5) is 42.3. The van der Waals surface area contributed by atoms with Crippen LogP contribution in [0.5, 0.6) is 0 Å². The second-order valence-corrected chi connectivity index (χ2v) is 7.85. The largest absolute Gasteiger partial charge is 0.471 e. The van der Waals surface area contributed by atoms with Gasteiger partial charge in [0.25, 0.3) is 5.91 Å². The van der Waals surface area contributed by atoms with E-state index in [0.717, 1.165) is 10.9 Å². The Morgan fingerprint density at radius 2 is 2.00 bits per heavy atom. The van der Waals surface area contributed by atoms with Crippen molar-refractivity contribution in [3.05, 3.63) is 35.3 Å². The molecule has 2 aromatic rings. The molecular formula is C21H24ClF3N6O5. The van der Waals surface area contributed by atoms with Crippen LogP contribution in [-0.2, 0) is 27.4 Å². The highest BCUT2D eigenvalue weighted by Crippen LogP contribution is 2.32. The first-order chi connectivity index (χ1) is 16.7. The molecule has 0 spiro atoms. The van der Waals surface area contributed by atoms with E-state index >= 15 is 0 Å². The van der Waals surface area contributed by atoms with Crippen LogP contribution in [0.25, 0.3) is 0 Å². The summed E-state index contributed by atoms with van der Waals surface area (Å²) < 4.78 is 51.7. The normalized spacial score (nSPS) is 15.6. The fourth-order valence-electron chi connectivity index (χ4n) is 4.09. The Bertz CT molecular complexity index is 1140. The number of nitrogens with zero attached hydrogens (tertiary/aromatic N) is 4.